The van der Waals surface area contributed by atoms with Gasteiger partial charge in [0.05, 0.1) is 6.61 Å². The lowest BCUT2D eigenvalue weighted by molar-refractivity contribution is 0.0962. The van der Waals surface area contributed by atoms with Crippen LogP contribution in [0.3, 0.4) is 0 Å². The summed E-state index contributed by atoms with van der Waals surface area (Å²) in [6, 6.07) is 6.57. The predicted molar refractivity (Wildman–Crippen MR) is 89.4 cm³/mol. The van der Waals surface area contributed by atoms with Gasteiger partial charge >= 0.3 is 0 Å². The number of amides is 1. The van der Waals surface area contributed by atoms with E-state index in [0.29, 0.717) is 29.6 Å². The minimum absolute atomic E-state index is 0.287. The van der Waals surface area contributed by atoms with Crippen molar-refractivity contribution in [2.45, 2.75) is 0 Å². The van der Waals surface area contributed by atoms with Gasteiger partial charge < -0.3 is 15.8 Å². The van der Waals surface area contributed by atoms with E-state index in [9.17, 15) is 4.79 Å². The SMILES string of the molecule is COCCNc1ncnc(NNC(=O)c2cccc(Cl)c2)c1N. The first-order valence-corrected chi connectivity index (χ1v) is 7.15. The van der Waals surface area contributed by atoms with Crippen molar-refractivity contribution in [1.82, 2.24) is 15.4 Å². The molecule has 0 saturated carbocycles. The number of methoxy groups -OCH3 is 1. The molecule has 0 atom stereocenters. The number of anilines is 3. The molecule has 0 aliphatic heterocycles. The van der Waals surface area contributed by atoms with E-state index < -0.39 is 0 Å². The Kier molecular flexibility index (Phi) is 5.95. The molecule has 8 nitrogen and oxygen atoms in total. The summed E-state index contributed by atoms with van der Waals surface area (Å²) in [6.07, 6.45) is 1.33. The summed E-state index contributed by atoms with van der Waals surface area (Å²) in [5.41, 5.74) is 11.8. The number of halogens is 1. The molecule has 2 rings (SSSR count). The molecule has 2 aromatic rings. The zero-order chi connectivity index (χ0) is 16.7. The van der Waals surface area contributed by atoms with Crippen molar-refractivity contribution >= 4 is 34.8 Å². The molecule has 0 aliphatic rings. The average molecular weight is 337 g/mol. The monoisotopic (exact) mass is 336 g/mol. The Hall–Kier alpha value is -2.58. The van der Waals surface area contributed by atoms with E-state index >= 15 is 0 Å². The topological polar surface area (TPSA) is 114 Å². The molecule has 1 amide bonds. The lowest BCUT2D eigenvalue weighted by Gasteiger charge is -2.13. The van der Waals surface area contributed by atoms with Crippen LogP contribution in [-0.4, -0.2) is 36.1 Å². The second-order valence-electron chi connectivity index (χ2n) is 4.49. The lowest BCUT2D eigenvalue weighted by atomic mass is 10.2. The largest absolute Gasteiger partial charge is 0.393 e. The van der Waals surface area contributed by atoms with Gasteiger partial charge in [0.15, 0.2) is 11.6 Å². The molecule has 0 aliphatic carbocycles. The number of nitrogen functional groups attached to an aromatic ring is 1. The zero-order valence-corrected chi connectivity index (χ0v) is 13.2. The molecule has 0 radical (unpaired) electrons. The third-order valence-corrected chi connectivity index (χ3v) is 3.10. The Morgan fingerprint density at radius 2 is 2.13 bits per heavy atom. The molecule has 0 spiro atoms. The third-order valence-electron chi connectivity index (χ3n) is 2.86. The summed E-state index contributed by atoms with van der Waals surface area (Å²) in [7, 11) is 1.60. The van der Waals surface area contributed by atoms with Crippen LogP contribution < -0.4 is 21.9 Å². The molecule has 23 heavy (non-hydrogen) atoms. The number of benzene rings is 1. The summed E-state index contributed by atoms with van der Waals surface area (Å²) in [6.45, 7) is 1.06. The summed E-state index contributed by atoms with van der Waals surface area (Å²) in [5, 5.41) is 3.49. The number of hydrogen-bond acceptors (Lipinski definition) is 7. The molecule has 0 bridgehead atoms. The number of nitrogens with one attached hydrogen (secondary N) is 3. The highest BCUT2D eigenvalue weighted by atomic mass is 35.5. The normalized spacial score (nSPS) is 10.2. The van der Waals surface area contributed by atoms with Crippen molar-refractivity contribution in [1.29, 1.82) is 0 Å². The standard InChI is InChI=1S/C14H17ClN6O2/c1-23-6-5-17-12-11(16)13(19-8-18-12)20-21-14(22)9-3-2-4-10(15)7-9/h2-4,7-8H,5-6,16H2,1H3,(H,21,22)(H2,17,18,19,20). The van der Waals surface area contributed by atoms with Gasteiger partial charge in [-0.25, -0.2) is 9.97 Å². The molecule has 122 valence electrons. The number of rotatable bonds is 7. The number of nitrogens with zero attached hydrogens (tertiary/aromatic N) is 2. The molecule has 1 aromatic heterocycles. The smallest absolute Gasteiger partial charge is 0.269 e. The van der Waals surface area contributed by atoms with Gasteiger partial charge in [-0.15, -0.1) is 0 Å². The summed E-state index contributed by atoms with van der Waals surface area (Å²) in [4.78, 5) is 20.1. The van der Waals surface area contributed by atoms with Crippen molar-refractivity contribution in [2.75, 3.05) is 36.7 Å². The van der Waals surface area contributed by atoms with Gasteiger partial charge in [0.1, 0.15) is 12.0 Å². The lowest BCUT2D eigenvalue weighted by Crippen LogP contribution is -2.30. The van der Waals surface area contributed by atoms with Crippen LogP contribution in [0.2, 0.25) is 5.02 Å². The van der Waals surface area contributed by atoms with E-state index in [-0.39, 0.29) is 17.4 Å². The van der Waals surface area contributed by atoms with Crippen LogP contribution in [-0.2, 0) is 4.74 Å². The van der Waals surface area contributed by atoms with E-state index in [1.165, 1.54) is 6.33 Å². The maximum atomic E-state index is 12.0. The first kappa shape index (κ1) is 16.8. The highest BCUT2D eigenvalue weighted by molar-refractivity contribution is 6.30. The van der Waals surface area contributed by atoms with Gasteiger partial charge in [-0.2, -0.15) is 0 Å². The highest BCUT2D eigenvalue weighted by Gasteiger charge is 2.10. The van der Waals surface area contributed by atoms with Crippen LogP contribution in [0.4, 0.5) is 17.3 Å². The van der Waals surface area contributed by atoms with Gasteiger partial charge in [-0.1, -0.05) is 17.7 Å². The molecule has 9 heteroatoms. The fraction of sp³-hybridized carbons (Fsp3) is 0.214. The maximum absolute atomic E-state index is 12.0. The minimum Gasteiger partial charge on any atom is -0.393 e. The van der Waals surface area contributed by atoms with Crippen LogP contribution in [0, 0.1) is 0 Å². The van der Waals surface area contributed by atoms with E-state index in [0.717, 1.165) is 0 Å². The van der Waals surface area contributed by atoms with Crippen molar-refractivity contribution in [2.24, 2.45) is 0 Å². The molecular weight excluding hydrogens is 320 g/mol. The number of hydrazine groups is 1. The van der Waals surface area contributed by atoms with E-state index in [4.69, 9.17) is 22.1 Å². The second kappa shape index (κ2) is 8.16. The summed E-state index contributed by atoms with van der Waals surface area (Å²) < 4.78 is 4.94. The Labute approximate surface area is 138 Å². The average Bonchev–Trinajstić information content (AvgIpc) is 2.55. The van der Waals surface area contributed by atoms with Crippen LogP contribution >= 0.6 is 11.6 Å². The Morgan fingerprint density at radius 1 is 1.35 bits per heavy atom. The first-order valence-electron chi connectivity index (χ1n) is 6.77. The number of carbonyl (C=O) groups is 1. The van der Waals surface area contributed by atoms with Crippen LogP contribution in [0.5, 0.6) is 0 Å². The van der Waals surface area contributed by atoms with E-state index in [1.807, 2.05) is 0 Å². The first-order chi connectivity index (χ1) is 11.1. The Balaban J connectivity index is 2.00. The highest BCUT2D eigenvalue weighted by Crippen LogP contribution is 2.21. The van der Waals surface area contributed by atoms with E-state index in [1.54, 1.807) is 31.4 Å². The predicted octanol–water partition coefficient (Wildman–Crippen LogP) is 1.53. The third kappa shape index (κ3) is 4.70. The number of nitrogens with two attached hydrogens (primary N) is 1. The quantitative estimate of drug-likeness (QED) is 0.447. The van der Waals surface area contributed by atoms with Gasteiger partial charge in [0.25, 0.3) is 5.91 Å². The van der Waals surface area contributed by atoms with Crippen LogP contribution in [0.15, 0.2) is 30.6 Å². The van der Waals surface area contributed by atoms with E-state index in [2.05, 4.69) is 26.1 Å². The summed E-state index contributed by atoms with van der Waals surface area (Å²) in [5.74, 6) is 0.381. The van der Waals surface area contributed by atoms with Crippen molar-refractivity contribution in [3.05, 3.63) is 41.2 Å². The molecule has 0 unspecified atom stereocenters. The Bertz CT molecular complexity index is 682. The number of hydrogen-bond donors (Lipinski definition) is 4. The molecule has 5 N–H and O–H groups in total. The molecule has 0 saturated heterocycles. The van der Waals surface area contributed by atoms with Crippen LogP contribution in [0.25, 0.3) is 0 Å². The fourth-order valence-electron chi connectivity index (χ4n) is 1.73. The van der Waals surface area contributed by atoms with Crippen molar-refractivity contribution in [3.63, 3.8) is 0 Å². The fourth-order valence-corrected chi connectivity index (χ4v) is 1.92. The number of aromatic nitrogens is 2. The van der Waals surface area contributed by atoms with Crippen molar-refractivity contribution in [3.8, 4) is 0 Å². The maximum Gasteiger partial charge on any atom is 0.269 e. The van der Waals surface area contributed by atoms with Gasteiger partial charge in [0, 0.05) is 24.2 Å². The second-order valence-corrected chi connectivity index (χ2v) is 4.93. The molecule has 1 heterocycles. The molecule has 0 fully saturated rings. The van der Waals surface area contributed by atoms with Gasteiger partial charge in [0.2, 0.25) is 0 Å². The molecule has 1 aromatic carbocycles. The molecular formula is C14H17ClN6O2. The van der Waals surface area contributed by atoms with Gasteiger partial charge in [-0.05, 0) is 18.2 Å². The van der Waals surface area contributed by atoms with Crippen molar-refractivity contribution < 1.29 is 9.53 Å². The minimum atomic E-state index is -0.362. The zero-order valence-electron chi connectivity index (χ0n) is 12.5. The summed E-state index contributed by atoms with van der Waals surface area (Å²) >= 11 is 5.85. The van der Waals surface area contributed by atoms with Gasteiger partial charge in [-0.3, -0.25) is 15.6 Å². The Morgan fingerprint density at radius 3 is 2.87 bits per heavy atom. The number of ether oxygens (including phenoxy) is 1. The van der Waals surface area contributed by atoms with Crippen LogP contribution in [0.1, 0.15) is 10.4 Å². The number of carbonyl (C=O) groups excluding carboxylic acids is 1.